The minimum absolute atomic E-state index is 0.0702. The minimum Gasteiger partial charge on any atom is -0.403 e. The van der Waals surface area contributed by atoms with E-state index < -0.39 is 0 Å². The highest BCUT2D eigenvalue weighted by atomic mass is 32.2. The van der Waals surface area contributed by atoms with Gasteiger partial charge in [-0.1, -0.05) is 19.9 Å². The van der Waals surface area contributed by atoms with Gasteiger partial charge in [0.2, 0.25) is 0 Å². The number of carbonyl (C=O) groups excluding carboxylic acids is 2. The van der Waals surface area contributed by atoms with E-state index in [1.807, 2.05) is 6.92 Å². The molecule has 0 saturated carbocycles. The number of amides is 1. The molecule has 1 amide bonds. The monoisotopic (exact) mass is 461 g/mol. The number of nitrogens with one attached hydrogen (secondary N) is 1. The van der Waals surface area contributed by atoms with Gasteiger partial charge in [0.1, 0.15) is 0 Å². The van der Waals surface area contributed by atoms with E-state index in [-0.39, 0.29) is 17.5 Å². The molecule has 0 radical (unpaired) electrons. The predicted molar refractivity (Wildman–Crippen MR) is 128 cm³/mol. The largest absolute Gasteiger partial charge is 0.403 e. The zero-order valence-electron chi connectivity index (χ0n) is 19.2. The van der Waals surface area contributed by atoms with Gasteiger partial charge in [-0.05, 0) is 43.2 Å². The van der Waals surface area contributed by atoms with Gasteiger partial charge < -0.3 is 10.2 Å². The maximum Gasteiger partial charge on any atom is 0.256 e. The highest BCUT2D eigenvalue weighted by Crippen LogP contribution is 2.18. The maximum atomic E-state index is 13.4. The zero-order valence-corrected chi connectivity index (χ0v) is 20.0. The Labute approximate surface area is 194 Å². The number of nitrogens with zero attached hydrogens (tertiary/aromatic N) is 2. The van der Waals surface area contributed by atoms with Crippen LogP contribution in [0, 0.1) is 0 Å². The summed E-state index contributed by atoms with van der Waals surface area (Å²) >= 11 is 1.43. The molecule has 6 nitrogen and oxygen atoms in total. The van der Waals surface area contributed by atoms with Crippen LogP contribution in [0.5, 0.6) is 0 Å². The SMILES string of the molecule is C=CC/C(=C\C=C(\F)CC)NC(=O)c1ccc(SCCC(=O)/C(=C/CC)ON(C)C)nc1. The van der Waals surface area contributed by atoms with Crippen LogP contribution >= 0.6 is 11.8 Å². The predicted octanol–water partition coefficient (Wildman–Crippen LogP) is 5.37. The Kier molecular flexibility index (Phi) is 12.9. The molecule has 0 saturated heterocycles. The topological polar surface area (TPSA) is 71.5 Å². The fraction of sp³-hybridized carbons (Fsp3) is 0.375. The van der Waals surface area contributed by atoms with E-state index in [9.17, 15) is 14.0 Å². The Morgan fingerprint density at radius 3 is 2.59 bits per heavy atom. The lowest BCUT2D eigenvalue weighted by Crippen LogP contribution is -2.22. The smallest absolute Gasteiger partial charge is 0.256 e. The molecule has 0 unspecified atom stereocenters. The van der Waals surface area contributed by atoms with Crippen LogP contribution in [0.3, 0.4) is 0 Å². The van der Waals surface area contributed by atoms with Crippen LogP contribution in [0.25, 0.3) is 0 Å². The summed E-state index contributed by atoms with van der Waals surface area (Å²) in [4.78, 5) is 34.5. The van der Waals surface area contributed by atoms with Crippen molar-refractivity contribution in [3.05, 3.63) is 72.1 Å². The van der Waals surface area contributed by atoms with E-state index in [1.54, 1.807) is 45.3 Å². The molecule has 32 heavy (non-hydrogen) atoms. The van der Waals surface area contributed by atoms with Gasteiger partial charge >= 0.3 is 0 Å². The Hall–Kier alpha value is -2.71. The Balaban J connectivity index is 2.66. The summed E-state index contributed by atoms with van der Waals surface area (Å²) in [6.45, 7) is 7.31. The van der Waals surface area contributed by atoms with Crippen molar-refractivity contribution >= 4 is 23.5 Å². The Morgan fingerprint density at radius 1 is 1.28 bits per heavy atom. The van der Waals surface area contributed by atoms with Crippen LogP contribution in [0.2, 0.25) is 0 Å². The quantitative estimate of drug-likeness (QED) is 0.100. The summed E-state index contributed by atoms with van der Waals surface area (Å²) in [5.41, 5.74) is 0.925. The van der Waals surface area contributed by atoms with Gasteiger partial charge in [-0.25, -0.2) is 9.37 Å². The number of halogens is 1. The molecule has 0 fully saturated rings. The molecule has 174 valence electrons. The van der Waals surface area contributed by atoms with Gasteiger partial charge in [0, 0.05) is 44.6 Å². The number of hydrogen-bond acceptors (Lipinski definition) is 6. The van der Waals surface area contributed by atoms with E-state index in [1.165, 1.54) is 35.2 Å². The van der Waals surface area contributed by atoms with E-state index in [4.69, 9.17) is 4.84 Å². The molecule has 0 atom stereocenters. The number of carbonyl (C=O) groups is 2. The fourth-order valence-electron chi connectivity index (χ4n) is 2.40. The molecule has 1 heterocycles. The first-order valence-electron chi connectivity index (χ1n) is 10.5. The van der Waals surface area contributed by atoms with E-state index >= 15 is 0 Å². The van der Waals surface area contributed by atoms with Gasteiger partial charge in [-0.3, -0.25) is 9.59 Å². The lowest BCUT2D eigenvalue weighted by atomic mass is 10.2. The van der Waals surface area contributed by atoms with Gasteiger partial charge in [0.15, 0.2) is 11.5 Å². The van der Waals surface area contributed by atoms with Crippen LogP contribution in [-0.2, 0) is 9.63 Å². The van der Waals surface area contributed by atoms with Crippen molar-refractivity contribution < 1.29 is 18.8 Å². The number of hydrogen-bond donors (Lipinski definition) is 1. The number of pyridine rings is 1. The number of aromatic nitrogens is 1. The van der Waals surface area contributed by atoms with Crippen LogP contribution in [-0.4, -0.2) is 41.6 Å². The summed E-state index contributed by atoms with van der Waals surface area (Å²) in [6, 6.07) is 3.40. The molecule has 0 spiro atoms. The van der Waals surface area contributed by atoms with Crippen LogP contribution < -0.4 is 5.32 Å². The molecule has 1 N–H and O–H groups in total. The Bertz CT molecular complexity index is 862. The molecule has 0 aromatic carbocycles. The first-order chi connectivity index (χ1) is 15.3. The lowest BCUT2D eigenvalue weighted by Gasteiger charge is -2.14. The van der Waals surface area contributed by atoms with Crippen molar-refractivity contribution in [3.8, 4) is 0 Å². The van der Waals surface area contributed by atoms with E-state index in [0.717, 1.165) is 0 Å². The number of thioether (sulfide) groups is 1. The molecule has 8 heteroatoms. The van der Waals surface area contributed by atoms with Crippen LogP contribution in [0.4, 0.5) is 4.39 Å². The van der Waals surface area contributed by atoms with Gasteiger partial charge in [-0.2, -0.15) is 0 Å². The zero-order chi connectivity index (χ0) is 23.9. The third-order valence-electron chi connectivity index (χ3n) is 3.96. The average Bonchev–Trinajstić information content (AvgIpc) is 2.77. The van der Waals surface area contributed by atoms with E-state index in [2.05, 4.69) is 16.9 Å². The molecular formula is C24H32FN3O3S. The number of allylic oxidation sites excluding steroid dienone is 6. The molecule has 0 aliphatic rings. The van der Waals surface area contributed by atoms with Crippen molar-refractivity contribution in [2.24, 2.45) is 0 Å². The number of ketones is 1. The highest BCUT2D eigenvalue weighted by Gasteiger charge is 2.13. The summed E-state index contributed by atoms with van der Waals surface area (Å²) in [5.74, 6) is 0.205. The summed E-state index contributed by atoms with van der Waals surface area (Å²) in [6.07, 6.45) is 9.46. The van der Waals surface area contributed by atoms with Crippen molar-refractivity contribution in [1.29, 1.82) is 0 Å². The van der Waals surface area contributed by atoms with E-state index in [0.29, 0.717) is 53.5 Å². The van der Waals surface area contributed by atoms with Crippen LogP contribution in [0.15, 0.2) is 71.5 Å². The molecular weight excluding hydrogens is 429 g/mol. The second-order valence-corrected chi connectivity index (χ2v) is 8.01. The first kappa shape index (κ1) is 27.3. The number of hydroxylamine groups is 2. The lowest BCUT2D eigenvalue weighted by molar-refractivity contribution is -0.130. The molecule has 0 aliphatic heterocycles. The molecule has 1 aromatic rings. The summed E-state index contributed by atoms with van der Waals surface area (Å²) in [5, 5.41) is 4.95. The number of rotatable bonds is 14. The van der Waals surface area contributed by atoms with Crippen LogP contribution in [0.1, 0.15) is 49.9 Å². The maximum absolute atomic E-state index is 13.4. The molecule has 1 aromatic heterocycles. The van der Waals surface area contributed by atoms with Crippen molar-refractivity contribution in [2.75, 3.05) is 19.8 Å². The van der Waals surface area contributed by atoms with Gasteiger partial charge in [0.05, 0.1) is 16.4 Å². The first-order valence-corrected chi connectivity index (χ1v) is 11.4. The minimum atomic E-state index is -0.335. The summed E-state index contributed by atoms with van der Waals surface area (Å²) < 4.78 is 13.4. The number of Topliss-reactive ketones (excluding diaryl/α,β-unsaturated/α-hetero) is 1. The molecule has 0 aliphatic carbocycles. The van der Waals surface area contributed by atoms with Gasteiger partial charge in [0.25, 0.3) is 5.91 Å². The van der Waals surface area contributed by atoms with Crippen molar-refractivity contribution in [1.82, 2.24) is 15.4 Å². The van der Waals surface area contributed by atoms with Crippen molar-refractivity contribution in [2.45, 2.75) is 44.6 Å². The highest BCUT2D eigenvalue weighted by molar-refractivity contribution is 7.99. The third kappa shape index (κ3) is 10.5. The normalized spacial score (nSPS) is 12.6. The average molecular weight is 462 g/mol. The molecule has 1 rings (SSSR count). The Morgan fingerprint density at radius 2 is 2.03 bits per heavy atom. The second kappa shape index (κ2) is 15.2. The standard InChI is InChI=1S/C24H32FN3O3S/c1-6-9-20(13-12-19(25)8-3)27-24(30)18-11-14-23(26-17-18)32-16-15-21(29)22(10-7-2)31-28(4)5/h6,10-14,17H,1,7-9,15-16H2,2-5H3,(H,27,30)/b19-12+,20-13+,22-10-. The summed E-state index contributed by atoms with van der Waals surface area (Å²) in [7, 11) is 3.45. The fourth-order valence-corrected chi connectivity index (χ4v) is 3.19. The van der Waals surface area contributed by atoms with Crippen molar-refractivity contribution in [3.63, 3.8) is 0 Å². The molecule has 0 bridgehead atoms. The van der Waals surface area contributed by atoms with Gasteiger partial charge in [-0.15, -0.1) is 23.4 Å². The third-order valence-corrected chi connectivity index (χ3v) is 4.91. The second-order valence-electron chi connectivity index (χ2n) is 6.89.